The summed E-state index contributed by atoms with van der Waals surface area (Å²) < 4.78 is -0.654. The lowest BCUT2D eigenvalue weighted by molar-refractivity contribution is -0.143. The van der Waals surface area contributed by atoms with Crippen molar-refractivity contribution >= 4 is 46.8 Å². The van der Waals surface area contributed by atoms with Gasteiger partial charge in [-0.1, -0.05) is 23.8 Å². The molecule has 3 aliphatic rings. The van der Waals surface area contributed by atoms with Crippen LogP contribution in [0.25, 0.3) is 0 Å². The fourth-order valence-electron chi connectivity index (χ4n) is 6.11. The summed E-state index contributed by atoms with van der Waals surface area (Å²) in [5.74, 6) is -1.35. The van der Waals surface area contributed by atoms with E-state index in [9.17, 15) is 19.5 Å². The molecule has 1 N–H and O–H groups in total. The molecule has 4 rings (SSSR count). The van der Waals surface area contributed by atoms with Crippen LogP contribution in [0, 0.1) is 11.8 Å². The molecule has 7 nitrogen and oxygen atoms in total. The lowest BCUT2D eigenvalue weighted by Gasteiger charge is -2.37. The molecule has 0 aliphatic carbocycles. The van der Waals surface area contributed by atoms with Gasteiger partial charge in [-0.25, -0.2) is 0 Å². The highest BCUT2D eigenvalue weighted by Crippen LogP contribution is 2.66. The molecule has 0 saturated carbocycles. The number of aliphatic hydroxyl groups is 1. The van der Waals surface area contributed by atoms with Crippen LogP contribution < -0.4 is 4.90 Å². The molecule has 3 fully saturated rings. The summed E-state index contributed by atoms with van der Waals surface area (Å²) in [5, 5.41) is 9.92. The number of rotatable bonds is 11. The number of carbonyl (C=O) groups excluding carboxylic acids is 3. The Morgan fingerprint density at radius 3 is 2.53 bits per heavy atom. The normalized spacial score (nSPS) is 28.2. The van der Waals surface area contributed by atoms with E-state index in [2.05, 4.69) is 13.2 Å². The van der Waals surface area contributed by atoms with Gasteiger partial charge < -0.3 is 19.8 Å². The lowest BCUT2D eigenvalue weighted by Crippen LogP contribution is -2.55. The van der Waals surface area contributed by atoms with Gasteiger partial charge in [-0.05, 0) is 49.9 Å². The van der Waals surface area contributed by atoms with Gasteiger partial charge in [-0.15, -0.1) is 24.9 Å². The minimum absolute atomic E-state index is 0.0111. The van der Waals surface area contributed by atoms with E-state index in [0.717, 1.165) is 6.42 Å². The van der Waals surface area contributed by atoms with E-state index in [1.54, 1.807) is 69.9 Å². The largest absolute Gasteiger partial charge is 0.396 e. The second-order valence-electron chi connectivity index (χ2n) is 9.74. The Morgan fingerprint density at radius 2 is 1.89 bits per heavy atom. The number of amides is 3. The summed E-state index contributed by atoms with van der Waals surface area (Å²) in [6.07, 6.45) is 5.98. The van der Waals surface area contributed by atoms with Gasteiger partial charge in [-0.3, -0.25) is 14.4 Å². The summed E-state index contributed by atoms with van der Waals surface area (Å²) in [7, 11) is 1.74. The molecule has 2 bridgehead atoms. The van der Waals surface area contributed by atoms with E-state index in [1.807, 2.05) is 0 Å². The molecule has 5 atom stereocenters. The molecule has 2 unspecified atom stereocenters. The van der Waals surface area contributed by atoms with Crippen LogP contribution in [-0.4, -0.2) is 82.0 Å². The van der Waals surface area contributed by atoms with Crippen LogP contribution in [0.4, 0.5) is 5.69 Å². The van der Waals surface area contributed by atoms with Crippen molar-refractivity contribution in [2.45, 2.75) is 41.7 Å². The smallest absolute Gasteiger partial charge is 0.251 e. The highest BCUT2D eigenvalue weighted by atomic mass is 35.5. The number of aliphatic hydroxyl groups excluding tert-OH is 1. The maximum Gasteiger partial charge on any atom is 0.251 e. The van der Waals surface area contributed by atoms with Crippen molar-refractivity contribution in [2.75, 3.05) is 38.2 Å². The maximum absolute atomic E-state index is 14.3. The summed E-state index contributed by atoms with van der Waals surface area (Å²) in [6.45, 7) is 8.66. The second-order valence-corrected chi connectivity index (χ2v) is 11.8. The molecule has 0 aromatic heterocycles. The summed E-state index contributed by atoms with van der Waals surface area (Å²) in [4.78, 5) is 46.8. The number of fused-ring (bicyclic) bond motifs is 1. The van der Waals surface area contributed by atoms with E-state index in [1.165, 1.54) is 0 Å². The Kier molecular flexibility index (Phi) is 8.17. The summed E-state index contributed by atoms with van der Waals surface area (Å²) in [6, 6.07) is 6.37. The van der Waals surface area contributed by atoms with Gasteiger partial charge in [0.15, 0.2) is 0 Å². The predicted octanol–water partition coefficient (Wildman–Crippen LogP) is 3.37. The molecule has 0 radical (unpaired) electrons. The van der Waals surface area contributed by atoms with E-state index >= 15 is 0 Å². The molecule has 3 heterocycles. The van der Waals surface area contributed by atoms with Crippen LogP contribution in [0.5, 0.6) is 0 Å². The average molecular weight is 532 g/mol. The minimum Gasteiger partial charge on any atom is -0.396 e. The molecule has 3 saturated heterocycles. The number of carbonyl (C=O) groups is 3. The molecule has 9 heteroatoms. The van der Waals surface area contributed by atoms with Crippen LogP contribution >= 0.6 is 23.4 Å². The molecule has 3 amide bonds. The highest BCUT2D eigenvalue weighted by molar-refractivity contribution is 8.02. The third-order valence-electron chi connectivity index (χ3n) is 7.62. The van der Waals surface area contributed by atoms with Gasteiger partial charge in [0.1, 0.15) is 6.04 Å². The third kappa shape index (κ3) is 4.48. The third-order valence-corrected chi connectivity index (χ3v) is 9.83. The van der Waals surface area contributed by atoms with Crippen molar-refractivity contribution in [1.82, 2.24) is 9.80 Å². The molecule has 1 aromatic carbocycles. The van der Waals surface area contributed by atoms with Crippen molar-refractivity contribution in [3.05, 3.63) is 54.6 Å². The first-order valence-electron chi connectivity index (χ1n) is 12.4. The zero-order valence-corrected chi connectivity index (χ0v) is 22.2. The number of hydrogen-bond donors (Lipinski definition) is 1. The van der Waals surface area contributed by atoms with Gasteiger partial charge in [-0.2, -0.15) is 0 Å². The van der Waals surface area contributed by atoms with Crippen molar-refractivity contribution in [1.29, 1.82) is 0 Å². The molecule has 3 aliphatic heterocycles. The van der Waals surface area contributed by atoms with E-state index in [4.69, 9.17) is 11.6 Å². The van der Waals surface area contributed by atoms with Gasteiger partial charge in [0.25, 0.3) is 5.91 Å². The Balaban J connectivity index is 1.74. The number of thioether (sulfide) groups is 1. The molecule has 194 valence electrons. The van der Waals surface area contributed by atoms with Crippen molar-refractivity contribution in [3.63, 3.8) is 0 Å². The van der Waals surface area contributed by atoms with Gasteiger partial charge in [0.05, 0.1) is 16.6 Å². The quantitative estimate of drug-likeness (QED) is 0.350. The minimum atomic E-state index is -0.693. The first kappa shape index (κ1) is 26.8. The fraction of sp³-hybridized carbons (Fsp3) is 0.519. The van der Waals surface area contributed by atoms with Gasteiger partial charge in [0.2, 0.25) is 11.8 Å². The van der Waals surface area contributed by atoms with Gasteiger partial charge in [0, 0.05) is 49.2 Å². The van der Waals surface area contributed by atoms with Crippen LogP contribution in [0.1, 0.15) is 25.7 Å². The number of unbranched alkanes of at least 4 members (excludes halogenated alkanes) is 1. The zero-order valence-electron chi connectivity index (χ0n) is 20.6. The molecular weight excluding hydrogens is 498 g/mol. The van der Waals surface area contributed by atoms with Crippen LogP contribution in [0.2, 0.25) is 5.02 Å². The van der Waals surface area contributed by atoms with Crippen LogP contribution in [0.15, 0.2) is 49.6 Å². The monoisotopic (exact) mass is 531 g/mol. The van der Waals surface area contributed by atoms with Crippen molar-refractivity contribution < 1.29 is 19.5 Å². The SMILES string of the molecule is C=CCN(C)C(=O)[C@@H]1[C@H]2C(=O)N(CCCCO)C(C(=O)N(CC=C)c3ccc(Cl)cc3)C23CC[C@H]1S3. The van der Waals surface area contributed by atoms with Crippen molar-refractivity contribution in [3.8, 4) is 0 Å². The van der Waals surface area contributed by atoms with E-state index in [0.29, 0.717) is 43.1 Å². The fourth-order valence-corrected chi connectivity index (χ4v) is 8.44. The maximum atomic E-state index is 14.3. The number of halogens is 1. The molecule has 1 spiro atoms. The average Bonchev–Trinajstić information content (AvgIpc) is 3.50. The Hall–Kier alpha value is -2.29. The molecular formula is C27H34ClN3O4S. The van der Waals surface area contributed by atoms with E-state index in [-0.39, 0.29) is 36.1 Å². The number of anilines is 1. The topological polar surface area (TPSA) is 81.2 Å². The number of hydrogen-bond acceptors (Lipinski definition) is 5. The zero-order chi connectivity index (χ0) is 26.0. The predicted molar refractivity (Wildman–Crippen MR) is 144 cm³/mol. The number of likely N-dealkylation sites (tertiary alicyclic amines) is 1. The summed E-state index contributed by atoms with van der Waals surface area (Å²) >= 11 is 7.75. The molecule has 36 heavy (non-hydrogen) atoms. The number of nitrogens with zero attached hydrogens (tertiary/aromatic N) is 3. The van der Waals surface area contributed by atoms with E-state index < -0.39 is 22.6 Å². The van der Waals surface area contributed by atoms with Crippen LogP contribution in [0.3, 0.4) is 0 Å². The Labute approximate surface area is 222 Å². The first-order valence-corrected chi connectivity index (χ1v) is 13.7. The standard InChI is InChI=1S/C27H34ClN3O4S/c1-4-14-29(3)24(33)21-20-12-13-27(36-20)22(21)25(34)31(16-6-7-17-32)23(27)26(35)30(15-5-2)19-10-8-18(28)9-11-19/h4-5,8-11,20-23,32H,1-2,6-7,12-17H2,3H3/t20-,21+,22+,23?,27?/m1/s1. The van der Waals surface area contributed by atoms with Crippen LogP contribution in [-0.2, 0) is 14.4 Å². The lowest BCUT2D eigenvalue weighted by atomic mass is 9.70. The first-order chi connectivity index (χ1) is 17.3. The number of benzene rings is 1. The van der Waals surface area contributed by atoms with Gasteiger partial charge >= 0.3 is 0 Å². The second kappa shape index (κ2) is 11.0. The Bertz CT molecular complexity index is 1030. The number of likely N-dealkylation sites (N-methyl/N-ethyl adjacent to an activating group) is 1. The molecule has 1 aromatic rings. The Morgan fingerprint density at radius 1 is 1.19 bits per heavy atom. The van der Waals surface area contributed by atoms with Crippen molar-refractivity contribution in [2.24, 2.45) is 11.8 Å². The summed E-state index contributed by atoms with van der Waals surface area (Å²) in [5.41, 5.74) is 0.683. The highest BCUT2D eigenvalue weighted by Gasteiger charge is 2.73.